The lowest BCUT2D eigenvalue weighted by atomic mass is 10.1. The number of primary sulfonamides is 1. The Bertz CT molecular complexity index is 543. The van der Waals surface area contributed by atoms with Gasteiger partial charge in [0.05, 0.1) is 19.5 Å². The van der Waals surface area contributed by atoms with Gasteiger partial charge in [-0.05, 0) is 42.9 Å². The number of aryl methyl sites for hydroxylation is 1. The molecule has 0 fully saturated rings. The maximum Gasteiger partial charge on any atom is 0.209 e. The van der Waals surface area contributed by atoms with Crippen molar-refractivity contribution in [2.75, 3.05) is 19.5 Å². The average molecular weight is 315 g/mol. The minimum absolute atomic E-state index is 0.0166. The number of hydrogen-bond donors (Lipinski definition) is 1. The van der Waals surface area contributed by atoms with Gasteiger partial charge in [0, 0.05) is 0 Å². The van der Waals surface area contributed by atoms with Crippen molar-refractivity contribution in [1.29, 1.82) is 0 Å². The molecule has 5 nitrogen and oxygen atoms in total. The average Bonchev–Trinajstić information content (AvgIpc) is 2.44. The fraction of sp³-hybridized carbons (Fsp3) is 0.600. The van der Waals surface area contributed by atoms with E-state index in [9.17, 15) is 8.42 Å². The second-order valence-corrected chi connectivity index (χ2v) is 6.97. The van der Waals surface area contributed by atoms with E-state index in [0.29, 0.717) is 18.8 Å². The Morgan fingerprint density at radius 2 is 1.95 bits per heavy atom. The molecule has 0 aromatic heterocycles. The van der Waals surface area contributed by atoms with Crippen molar-refractivity contribution < 1.29 is 17.9 Å². The van der Waals surface area contributed by atoms with E-state index in [2.05, 4.69) is 6.92 Å². The Labute approximate surface area is 127 Å². The van der Waals surface area contributed by atoms with E-state index in [0.717, 1.165) is 18.6 Å². The lowest BCUT2D eigenvalue weighted by Gasteiger charge is -2.14. The van der Waals surface area contributed by atoms with Crippen LogP contribution in [0.5, 0.6) is 11.5 Å². The van der Waals surface area contributed by atoms with Crippen molar-refractivity contribution in [1.82, 2.24) is 0 Å². The van der Waals surface area contributed by atoms with E-state index >= 15 is 0 Å². The molecule has 0 aliphatic carbocycles. The van der Waals surface area contributed by atoms with Crippen LogP contribution in [0, 0.1) is 5.92 Å². The standard InChI is InChI=1S/C15H25NO4S/c1-4-13-5-6-14(15(11-13)19-3)20-9-7-12(2)8-10-21(16,17)18/h5-6,11-12H,4,7-10H2,1-3H3,(H2,16,17,18). The highest BCUT2D eigenvalue weighted by molar-refractivity contribution is 7.89. The largest absolute Gasteiger partial charge is 0.493 e. The van der Waals surface area contributed by atoms with E-state index in [1.807, 2.05) is 25.1 Å². The van der Waals surface area contributed by atoms with Gasteiger partial charge >= 0.3 is 0 Å². The second kappa shape index (κ2) is 8.24. The molecule has 1 atom stereocenters. The van der Waals surface area contributed by atoms with Gasteiger partial charge < -0.3 is 9.47 Å². The smallest absolute Gasteiger partial charge is 0.209 e. The van der Waals surface area contributed by atoms with Crippen LogP contribution < -0.4 is 14.6 Å². The molecule has 0 saturated heterocycles. The van der Waals surface area contributed by atoms with Gasteiger partial charge in [0.2, 0.25) is 10.0 Å². The van der Waals surface area contributed by atoms with Crippen LogP contribution >= 0.6 is 0 Å². The Hall–Kier alpha value is -1.27. The van der Waals surface area contributed by atoms with Gasteiger partial charge in [0.1, 0.15) is 0 Å². The molecule has 1 aromatic carbocycles. The molecule has 6 heteroatoms. The maximum absolute atomic E-state index is 10.9. The van der Waals surface area contributed by atoms with E-state index in [-0.39, 0.29) is 11.7 Å². The monoisotopic (exact) mass is 315 g/mol. The molecule has 120 valence electrons. The summed E-state index contributed by atoms with van der Waals surface area (Å²) >= 11 is 0. The minimum atomic E-state index is -3.38. The summed E-state index contributed by atoms with van der Waals surface area (Å²) in [5.74, 6) is 1.70. The summed E-state index contributed by atoms with van der Waals surface area (Å²) < 4.78 is 32.9. The van der Waals surface area contributed by atoms with Gasteiger partial charge in [-0.25, -0.2) is 13.6 Å². The molecule has 0 heterocycles. The van der Waals surface area contributed by atoms with Gasteiger partial charge in [0.15, 0.2) is 11.5 Å². The first-order valence-electron chi connectivity index (χ1n) is 7.16. The first kappa shape index (κ1) is 17.8. The fourth-order valence-electron chi connectivity index (χ4n) is 1.93. The van der Waals surface area contributed by atoms with Crippen LogP contribution in [-0.2, 0) is 16.4 Å². The summed E-state index contributed by atoms with van der Waals surface area (Å²) in [6.45, 7) is 4.60. The van der Waals surface area contributed by atoms with Gasteiger partial charge in [-0.1, -0.05) is 19.9 Å². The summed E-state index contributed by atoms with van der Waals surface area (Å²) in [6.07, 6.45) is 2.27. The van der Waals surface area contributed by atoms with Gasteiger partial charge in [-0.15, -0.1) is 0 Å². The molecule has 0 aliphatic heterocycles. The molecular weight excluding hydrogens is 290 g/mol. The van der Waals surface area contributed by atoms with Gasteiger partial charge in [0.25, 0.3) is 0 Å². The number of hydrogen-bond acceptors (Lipinski definition) is 4. The van der Waals surface area contributed by atoms with Crippen LogP contribution in [0.25, 0.3) is 0 Å². The Morgan fingerprint density at radius 1 is 1.24 bits per heavy atom. The predicted octanol–water partition coefficient (Wildman–Crippen LogP) is 2.34. The highest BCUT2D eigenvalue weighted by atomic mass is 32.2. The molecule has 0 radical (unpaired) electrons. The molecule has 0 spiro atoms. The molecule has 0 bridgehead atoms. The van der Waals surface area contributed by atoms with Crippen molar-refractivity contribution >= 4 is 10.0 Å². The second-order valence-electron chi connectivity index (χ2n) is 5.24. The molecule has 0 aliphatic rings. The van der Waals surface area contributed by atoms with Crippen molar-refractivity contribution in [3.63, 3.8) is 0 Å². The number of nitrogens with two attached hydrogens (primary N) is 1. The maximum atomic E-state index is 10.9. The quantitative estimate of drug-likeness (QED) is 0.758. The molecule has 0 saturated carbocycles. The Kier molecular flexibility index (Phi) is 6.98. The molecule has 0 amide bonds. The first-order chi connectivity index (χ1) is 9.85. The third-order valence-electron chi connectivity index (χ3n) is 3.40. The van der Waals surface area contributed by atoms with Gasteiger partial charge in [-0.2, -0.15) is 0 Å². The summed E-state index contributed by atoms with van der Waals surface area (Å²) in [5.41, 5.74) is 1.20. The van der Waals surface area contributed by atoms with Crippen LogP contribution in [0.15, 0.2) is 18.2 Å². The van der Waals surface area contributed by atoms with Crippen molar-refractivity contribution in [2.24, 2.45) is 11.1 Å². The van der Waals surface area contributed by atoms with E-state index in [1.54, 1.807) is 7.11 Å². The summed E-state index contributed by atoms with van der Waals surface area (Å²) in [6, 6.07) is 5.90. The SMILES string of the molecule is CCc1ccc(OCCC(C)CCS(N)(=O)=O)c(OC)c1. The third-order valence-corrected chi connectivity index (χ3v) is 4.20. The van der Waals surface area contributed by atoms with Crippen molar-refractivity contribution in [2.45, 2.75) is 33.1 Å². The Morgan fingerprint density at radius 3 is 2.52 bits per heavy atom. The third kappa shape index (κ3) is 6.82. The predicted molar refractivity (Wildman–Crippen MR) is 84.2 cm³/mol. The topological polar surface area (TPSA) is 78.6 Å². The zero-order valence-electron chi connectivity index (χ0n) is 13.0. The minimum Gasteiger partial charge on any atom is -0.493 e. The number of rotatable bonds is 9. The van der Waals surface area contributed by atoms with Crippen LogP contribution in [0.1, 0.15) is 32.3 Å². The molecule has 1 aromatic rings. The number of benzene rings is 1. The zero-order chi connectivity index (χ0) is 15.9. The lowest BCUT2D eigenvalue weighted by molar-refractivity contribution is 0.267. The molecule has 1 unspecified atom stereocenters. The number of ether oxygens (including phenoxy) is 2. The molecule has 1 rings (SSSR count). The van der Waals surface area contributed by atoms with Crippen molar-refractivity contribution in [3.8, 4) is 11.5 Å². The Balaban J connectivity index is 2.45. The molecule has 2 N–H and O–H groups in total. The van der Waals surface area contributed by atoms with E-state index < -0.39 is 10.0 Å². The van der Waals surface area contributed by atoms with Crippen molar-refractivity contribution in [3.05, 3.63) is 23.8 Å². The van der Waals surface area contributed by atoms with Gasteiger partial charge in [-0.3, -0.25) is 0 Å². The highest BCUT2D eigenvalue weighted by Gasteiger charge is 2.10. The highest BCUT2D eigenvalue weighted by Crippen LogP contribution is 2.28. The summed E-state index contributed by atoms with van der Waals surface area (Å²) in [7, 11) is -1.75. The molecular formula is C15H25NO4S. The van der Waals surface area contributed by atoms with E-state index in [4.69, 9.17) is 14.6 Å². The van der Waals surface area contributed by atoms with Crippen LogP contribution in [0.4, 0.5) is 0 Å². The number of methoxy groups -OCH3 is 1. The van der Waals surface area contributed by atoms with Crippen LogP contribution in [-0.4, -0.2) is 27.9 Å². The van der Waals surface area contributed by atoms with Crippen LogP contribution in [0.2, 0.25) is 0 Å². The summed E-state index contributed by atoms with van der Waals surface area (Å²) in [5, 5.41) is 4.99. The first-order valence-corrected chi connectivity index (χ1v) is 8.87. The normalized spacial score (nSPS) is 13.0. The van der Waals surface area contributed by atoms with Crippen LogP contribution in [0.3, 0.4) is 0 Å². The fourth-order valence-corrected chi connectivity index (χ4v) is 2.66. The molecule has 21 heavy (non-hydrogen) atoms. The summed E-state index contributed by atoms with van der Waals surface area (Å²) in [4.78, 5) is 0. The lowest BCUT2D eigenvalue weighted by Crippen LogP contribution is -2.18. The van der Waals surface area contributed by atoms with E-state index in [1.165, 1.54) is 5.56 Å². The number of sulfonamides is 1. The zero-order valence-corrected chi connectivity index (χ0v) is 13.8.